The number of hydrogen-bond acceptors (Lipinski definition) is 4. The van der Waals surface area contributed by atoms with Crippen LogP contribution >= 0.6 is 0 Å². The molecule has 0 saturated carbocycles. The summed E-state index contributed by atoms with van der Waals surface area (Å²) in [4.78, 5) is 16.5. The third-order valence-electron chi connectivity index (χ3n) is 3.40. The zero-order valence-electron chi connectivity index (χ0n) is 16.2. The fourth-order valence-electron chi connectivity index (χ4n) is 2.09. The molecule has 1 rings (SSSR count). The summed E-state index contributed by atoms with van der Waals surface area (Å²) in [6, 6.07) is 0. The number of rotatable bonds is 6. The second kappa shape index (κ2) is 8.05. The first kappa shape index (κ1) is 20.5. The van der Waals surface area contributed by atoms with Crippen LogP contribution in [-0.4, -0.2) is 56.0 Å². The number of nitrogens with zero attached hydrogens (tertiary/aromatic N) is 1. The van der Waals surface area contributed by atoms with Crippen molar-refractivity contribution in [1.29, 1.82) is 0 Å². The summed E-state index contributed by atoms with van der Waals surface area (Å²) in [6.07, 6.45) is -0.431. The lowest BCUT2D eigenvalue weighted by Crippen LogP contribution is -2.52. The molecule has 0 aromatic rings. The van der Waals surface area contributed by atoms with E-state index >= 15 is 0 Å². The molecule has 0 aliphatic carbocycles. The zero-order valence-corrected chi connectivity index (χ0v) is 16.2. The molecule has 0 bridgehead atoms. The highest BCUT2D eigenvalue weighted by atomic mass is 16.6. The molecule has 1 amide bonds. The quantitative estimate of drug-likeness (QED) is 0.507. The molecule has 1 heterocycles. The van der Waals surface area contributed by atoms with E-state index < -0.39 is 17.2 Å². The smallest absolute Gasteiger partial charge is 0.408 e. The van der Waals surface area contributed by atoms with E-state index in [0.717, 1.165) is 32.3 Å². The van der Waals surface area contributed by atoms with Crippen LogP contribution in [0.15, 0.2) is 4.99 Å². The van der Waals surface area contributed by atoms with Crippen LogP contribution in [-0.2, 0) is 9.47 Å². The van der Waals surface area contributed by atoms with Crippen LogP contribution in [0.5, 0.6) is 0 Å². The predicted molar refractivity (Wildman–Crippen MR) is 96.4 cm³/mol. The Bertz CT molecular complexity index is 451. The largest absolute Gasteiger partial charge is 0.444 e. The number of aliphatic imine (C=N–C) groups is 1. The zero-order chi connectivity index (χ0) is 18.4. The summed E-state index contributed by atoms with van der Waals surface area (Å²) in [5.41, 5.74) is -0.852. The maximum atomic E-state index is 11.9. The van der Waals surface area contributed by atoms with E-state index in [2.05, 4.69) is 27.9 Å². The molecule has 1 fully saturated rings. The number of alkyl carbamates (subject to hydrolysis) is 1. The minimum atomic E-state index is -0.514. The van der Waals surface area contributed by atoms with Crippen molar-refractivity contribution < 1.29 is 14.3 Å². The van der Waals surface area contributed by atoms with Crippen LogP contribution < -0.4 is 16.0 Å². The Kier molecular flexibility index (Phi) is 6.89. The average molecular weight is 342 g/mol. The van der Waals surface area contributed by atoms with Gasteiger partial charge < -0.3 is 25.4 Å². The molecule has 0 atom stereocenters. The maximum Gasteiger partial charge on any atom is 0.408 e. The minimum absolute atomic E-state index is 0.167. The van der Waals surface area contributed by atoms with Crippen LogP contribution in [0.3, 0.4) is 0 Å². The Hall–Kier alpha value is -1.50. The highest BCUT2D eigenvalue weighted by molar-refractivity contribution is 5.80. The van der Waals surface area contributed by atoms with Crippen molar-refractivity contribution in [2.45, 2.75) is 59.6 Å². The lowest BCUT2D eigenvalue weighted by molar-refractivity contribution is -0.0971. The van der Waals surface area contributed by atoms with Crippen molar-refractivity contribution in [3.8, 4) is 0 Å². The van der Waals surface area contributed by atoms with Crippen LogP contribution in [0.25, 0.3) is 0 Å². The summed E-state index contributed by atoms with van der Waals surface area (Å²) >= 11 is 0. The summed E-state index contributed by atoms with van der Waals surface area (Å²) in [5, 5.41) is 9.43. The molecule has 24 heavy (non-hydrogen) atoms. The Morgan fingerprint density at radius 3 is 2.29 bits per heavy atom. The van der Waals surface area contributed by atoms with Crippen molar-refractivity contribution in [2.75, 3.05) is 32.8 Å². The fourth-order valence-corrected chi connectivity index (χ4v) is 2.09. The highest BCUT2D eigenvalue weighted by Gasteiger charge is 2.33. The summed E-state index contributed by atoms with van der Waals surface area (Å²) in [5.74, 6) is 0.740. The molecule has 1 saturated heterocycles. The van der Waals surface area contributed by atoms with Crippen molar-refractivity contribution in [3.63, 3.8) is 0 Å². The second-order valence-corrected chi connectivity index (χ2v) is 8.36. The van der Waals surface area contributed by atoms with Crippen molar-refractivity contribution in [1.82, 2.24) is 16.0 Å². The van der Waals surface area contributed by atoms with E-state index in [4.69, 9.17) is 9.47 Å². The van der Waals surface area contributed by atoms with Gasteiger partial charge in [-0.3, -0.25) is 4.99 Å². The van der Waals surface area contributed by atoms with E-state index in [1.54, 1.807) is 0 Å². The molecule has 0 aromatic carbocycles. The third kappa shape index (κ3) is 7.86. The van der Waals surface area contributed by atoms with Gasteiger partial charge >= 0.3 is 6.09 Å². The molecular weight excluding hydrogens is 308 g/mol. The number of nitrogens with one attached hydrogen (secondary N) is 3. The van der Waals surface area contributed by atoms with Gasteiger partial charge in [0.2, 0.25) is 0 Å². The van der Waals surface area contributed by atoms with Gasteiger partial charge in [0.25, 0.3) is 0 Å². The van der Waals surface area contributed by atoms with Gasteiger partial charge in [-0.2, -0.15) is 0 Å². The molecule has 7 nitrogen and oxygen atoms in total. The van der Waals surface area contributed by atoms with Crippen molar-refractivity contribution in [3.05, 3.63) is 0 Å². The SMILES string of the molecule is CCNC(=NCC(C)(C)NC(=O)OC(C)(C)C)NCC1(C)COC1. The van der Waals surface area contributed by atoms with Gasteiger partial charge in [-0.25, -0.2) is 4.79 Å². The monoisotopic (exact) mass is 342 g/mol. The van der Waals surface area contributed by atoms with Crippen molar-refractivity contribution in [2.24, 2.45) is 10.4 Å². The number of hydrogen-bond donors (Lipinski definition) is 3. The summed E-state index contributed by atoms with van der Waals surface area (Å²) in [7, 11) is 0. The predicted octanol–water partition coefficient (Wildman–Crippen LogP) is 1.88. The van der Waals surface area contributed by atoms with E-state index in [-0.39, 0.29) is 5.41 Å². The summed E-state index contributed by atoms with van der Waals surface area (Å²) < 4.78 is 10.6. The number of amides is 1. The van der Waals surface area contributed by atoms with Crippen LogP contribution in [0.4, 0.5) is 4.79 Å². The third-order valence-corrected chi connectivity index (χ3v) is 3.40. The topological polar surface area (TPSA) is 84.0 Å². The molecule has 7 heteroatoms. The Labute approximate surface area is 146 Å². The molecule has 1 aliphatic rings. The lowest BCUT2D eigenvalue weighted by atomic mass is 9.89. The van der Waals surface area contributed by atoms with Crippen molar-refractivity contribution >= 4 is 12.1 Å². The van der Waals surface area contributed by atoms with Crippen LogP contribution in [0, 0.1) is 5.41 Å². The first-order chi connectivity index (χ1) is 10.9. The lowest BCUT2D eigenvalue weighted by Gasteiger charge is -2.38. The molecular formula is C17H34N4O3. The molecule has 140 valence electrons. The molecule has 0 spiro atoms. The normalized spacial score (nSPS) is 17.7. The average Bonchev–Trinajstić information content (AvgIpc) is 2.37. The summed E-state index contributed by atoms with van der Waals surface area (Å²) in [6.45, 7) is 17.1. The van der Waals surface area contributed by atoms with E-state index in [9.17, 15) is 4.79 Å². The first-order valence-corrected chi connectivity index (χ1v) is 8.56. The molecule has 0 unspecified atom stereocenters. The molecule has 3 N–H and O–H groups in total. The first-order valence-electron chi connectivity index (χ1n) is 8.56. The Morgan fingerprint density at radius 1 is 1.21 bits per heavy atom. The standard InChI is InChI=1S/C17H34N4O3/c1-8-18-13(20-10-17(7)11-23-12-17)19-9-16(5,6)21-14(22)24-15(2,3)4/h8-12H2,1-7H3,(H,21,22)(H2,18,19,20). The van der Waals surface area contributed by atoms with Gasteiger partial charge in [-0.05, 0) is 41.5 Å². The fraction of sp³-hybridized carbons (Fsp3) is 0.882. The Balaban J connectivity index is 2.54. The van der Waals surface area contributed by atoms with E-state index in [1.165, 1.54) is 0 Å². The van der Waals surface area contributed by atoms with E-state index in [1.807, 2.05) is 41.5 Å². The molecule has 0 aromatic heterocycles. The number of carbonyl (C=O) groups excluding carboxylic acids is 1. The maximum absolute atomic E-state index is 11.9. The van der Waals surface area contributed by atoms with Crippen LogP contribution in [0.1, 0.15) is 48.5 Å². The highest BCUT2D eigenvalue weighted by Crippen LogP contribution is 2.24. The number of ether oxygens (including phenoxy) is 2. The van der Waals surface area contributed by atoms with Gasteiger partial charge in [0.1, 0.15) is 5.60 Å². The van der Waals surface area contributed by atoms with Crippen LogP contribution in [0.2, 0.25) is 0 Å². The van der Waals surface area contributed by atoms with Gasteiger partial charge in [-0.15, -0.1) is 0 Å². The minimum Gasteiger partial charge on any atom is -0.444 e. The van der Waals surface area contributed by atoms with E-state index in [0.29, 0.717) is 6.54 Å². The molecule has 0 radical (unpaired) electrons. The number of carbonyl (C=O) groups is 1. The number of guanidine groups is 1. The molecule has 1 aliphatic heterocycles. The Morgan fingerprint density at radius 2 is 1.83 bits per heavy atom. The van der Waals surface area contributed by atoms with Gasteiger partial charge in [-0.1, -0.05) is 6.92 Å². The van der Waals surface area contributed by atoms with Gasteiger partial charge in [0.05, 0.1) is 25.3 Å². The van der Waals surface area contributed by atoms with Gasteiger partial charge in [0, 0.05) is 18.5 Å². The second-order valence-electron chi connectivity index (χ2n) is 8.36. The van der Waals surface area contributed by atoms with Gasteiger partial charge in [0.15, 0.2) is 5.96 Å².